The van der Waals surface area contributed by atoms with Crippen molar-refractivity contribution in [2.24, 2.45) is 5.92 Å². The smallest absolute Gasteiger partial charge is 0.330 e. The minimum absolute atomic E-state index is 0.115. The molecule has 1 saturated heterocycles. The summed E-state index contributed by atoms with van der Waals surface area (Å²) < 4.78 is 39.5. The largest absolute Gasteiger partial charge is 0.463 e. The molecule has 2 aromatic carbocycles. The second-order valence-electron chi connectivity index (χ2n) is 10.4. The minimum atomic E-state index is -0.716. The molecule has 4 atom stereocenters. The number of β-amino-alcohol motifs (C(OH)–C–C–N with tert-alkyl or cyclic N) is 1. The van der Waals surface area contributed by atoms with E-state index in [0.717, 1.165) is 31.4 Å². The van der Waals surface area contributed by atoms with Gasteiger partial charge in [0.15, 0.2) is 0 Å². The normalized spacial score (nSPS) is 24.5. The molecule has 200 valence electrons. The zero-order valence-electron chi connectivity index (χ0n) is 21.9. The molecule has 1 unspecified atom stereocenters. The lowest BCUT2D eigenvalue weighted by Gasteiger charge is -2.28. The summed E-state index contributed by atoms with van der Waals surface area (Å²) in [6.45, 7) is 7.27. The van der Waals surface area contributed by atoms with E-state index in [4.69, 9.17) is 9.47 Å². The van der Waals surface area contributed by atoms with Gasteiger partial charge in [-0.1, -0.05) is 25.1 Å². The maximum atomic E-state index is 14.2. The molecule has 1 aliphatic heterocycles. The summed E-state index contributed by atoms with van der Waals surface area (Å²) in [6, 6.07) is 10.1. The molecule has 0 bridgehead atoms. The maximum Gasteiger partial charge on any atom is 0.330 e. The zero-order chi connectivity index (χ0) is 26.6. The van der Waals surface area contributed by atoms with Gasteiger partial charge in [-0.15, -0.1) is 0 Å². The number of nitrogens with zero attached hydrogens (tertiary/aromatic N) is 1. The van der Waals surface area contributed by atoms with E-state index in [-0.39, 0.29) is 36.8 Å². The highest BCUT2D eigenvalue weighted by Crippen LogP contribution is 2.56. The van der Waals surface area contributed by atoms with Crippen LogP contribution in [0.3, 0.4) is 0 Å². The standard InChI is InChI=1S/C30H37F2NO4/c1-4-36-29(35)12-10-23-9-11-24(31)16-27(23)30(17-21(30)3)37-19-26(34)18-33-13-5-6-25(33)14-22-8-7-20(2)28(32)15-22/h7-12,15-16,21,25-26,34H,4-6,13-14,17-19H2,1-3H3/b12-10+/t21-,25+,26-,30?/m1/s1. The van der Waals surface area contributed by atoms with Crippen LogP contribution in [0.2, 0.25) is 0 Å². The molecule has 2 aromatic rings. The van der Waals surface area contributed by atoms with E-state index in [1.807, 2.05) is 19.1 Å². The first-order valence-electron chi connectivity index (χ1n) is 13.2. The van der Waals surface area contributed by atoms with Crippen molar-refractivity contribution >= 4 is 12.0 Å². The molecule has 7 heteroatoms. The fraction of sp³-hybridized carbons (Fsp3) is 0.500. The van der Waals surface area contributed by atoms with Gasteiger partial charge in [-0.2, -0.15) is 0 Å². The highest BCUT2D eigenvalue weighted by molar-refractivity contribution is 5.87. The first kappa shape index (κ1) is 27.4. The quantitative estimate of drug-likeness (QED) is 0.332. The number of hydrogen-bond acceptors (Lipinski definition) is 5. The maximum absolute atomic E-state index is 14.2. The van der Waals surface area contributed by atoms with Crippen LogP contribution in [-0.4, -0.2) is 54.4 Å². The van der Waals surface area contributed by atoms with E-state index in [2.05, 4.69) is 4.90 Å². The molecular formula is C30H37F2NO4. The third-order valence-corrected chi connectivity index (χ3v) is 7.59. The van der Waals surface area contributed by atoms with Gasteiger partial charge in [0.1, 0.15) is 11.6 Å². The Hall–Kier alpha value is -2.61. The molecule has 37 heavy (non-hydrogen) atoms. The lowest BCUT2D eigenvalue weighted by molar-refractivity contribution is -0.137. The highest BCUT2D eigenvalue weighted by atomic mass is 19.1. The predicted octanol–water partition coefficient (Wildman–Crippen LogP) is 5.17. The number of carbonyl (C=O) groups excluding carboxylic acids is 1. The molecule has 1 N–H and O–H groups in total. The van der Waals surface area contributed by atoms with Crippen LogP contribution >= 0.6 is 0 Å². The van der Waals surface area contributed by atoms with E-state index < -0.39 is 17.7 Å². The summed E-state index contributed by atoms with van der Waals surface area (Å²) in [6.07, 6.45) is 5.73. The Kier molecular flexibility index (Phi) is 8.78. The number of ether oxygens (including phenoxy) is 2. The van der Waals surface area contributed by atoms with Crippen molar-refractivity contribution in [2.45, 2.75) is 64.2 Å². The molecule has 0 amide bonds. The number of aliphatic hydroxyl groups excluding tert-OH is 1. The van der Waals surface area contributed by atoms with Gasteiger partial charge in [-0.25, -0.2) is 13.6 Å². The van der Waals surface area contributed by atoms with Crippen molar-refractivity contribution < 1.29 is 28.2 Å². The number of rotatable bonds is 11. The van der Waals surface area contributed by atoms with E-state index >= 15 is 0 Å². The SMILES string of the molecule is CCOC(=O)/C=C/c1ccc(F)cc1C1(OC[C@H](O)CN2CCC[C@H]2Cc2ccc(C)c(F)c2)C[C@H]1C. The number of carbonyl (C=O) groups is 1. The van der Waals surface area contributed by atoms with Crippen LogP contribution in [0.15, 0.2) is 42.5 Å². The number of halogens is 2. The van der Waals surface area contributed by atoms with Gasteiger partial charge in [0.2, 0.25) is 0 Å². The van der Waals surface area contributed by atoms with Gasteiger partial charge in [-0.3, -0.25) is 4.90 Å². The van der Waals surface area contributed by atoms with Gasteiger partial charge in [0, 0.05) is 18.7 Å². The van der Waals surface area contributed by atoms with E-state index in [1.165, 1.54) is 18.2 Å². The van der Waals surface area contributed by atoms with E-state index in [1.54, 1.807) is 32.1 Å². The van der Waals surface area contributed by atoms with Crippen molar-refractivity contribution in [3.8, 4) is 0 Å². The second kappa shape index (κ2) is 11.8. The number of aryl methyl sites for hydroxylation is 1. The molecule has 0 aromatic heterocycles. The summed E-state index contributed by atoms with van der Waals surface area (Å²) in [5, 5.41) is 10.9. The first-order chi connectivity index (χ1) is 17.7. The number of aliphatic hydroxyl groups is 1. The Bertz CT molecular complexity index is 1140. The Morgan fingerprint density at radius 2 is 2.05 bits per heavy atom. The highest BCUT2D eigenvalue weighted by Gasteiger charge is 2.55. The Labute approximate surface area is 218 Å². The van der Waals surface area contributed by atoms with Gasteiger partial charge in [0.25, 0.3) is 0 Å². The molecule has 0 spiro atoms. The van der Waals surface area contributed by atoms with Crippen molar-refractivity contribution in [1.29, 1.82) is 0 Å². The summed E-state index contributed by atoms with van der Waals surface area (Å²) in [7, 11) is 0. The van der Waals surface area contributed by atoms with Crippen molar-refractivity contribution in [3.63, 3.8) is 0 Å². The Morgan fingerprint density at radius 1 is 1.27 bits per heavy atom. The third kappa shape index (κ3) is 6.64. The molecule has 2 aliphatic rings. The number of hydrogen-bond donors (Lipinski definition) is 1. The van der Waals surface area contributed by atoms with Crippen LogP contribution < -0.4 is 0 Å². The summed E-state index contributed by atoms with van der Waals surface area (Å²) >= 11 is 0. The van der Waals surface area contributed by atoms with Gasteiger partial charge >= 0.3 is 5.97 Å². The molecule has 1 saturated carbocycles. The van der Waals surface area contributed by atoms with Crippen LogP contribution in [0.4, 0.5) is 8.78 Å². The average Bonchev–Trinajstić information content (AvgIpc) is 3.33. The van der Waals surface area contributed by atoms with Gasteiger partial charge < -0.3 is 14.6 Å². The fourth-order valence-corrected chi connectivity index (χ4v) is 5.41. The summed E-state index contributed by atoms with van der Waals surface area (Å²) in [5.41, 5.74) is 2.26. The van der Waals surface area contributed by atoms with Crippen LogP contribution in [0.1, 0.15) is 55.4 Å². The molecule has 1 heterocycles. The van der Waals surface area contributed by atoms with Crippen LogP contribution in [-0.2, 0) is 26.3 Å². The molecule has 1 aliphatic carbocycles. The number of likely N-dealkylation sites (tertiary alicyclic amines) is 1. The first-order valence-corrected chi connectivity index (χ1v) is 13.2. The van der Waals surface area contributed by atoms with Gasteiger partial charge in [0.05, 0.1) is 24.9 Å². The molecule has 0 radical (unpaired) electrons. The molecular weight excluding hydrogens is 476 g/mol. The van der Waals surface area contributed by atoms with Crippen molar-refractivity contribution in [2.75, 3.05) is 26.3 Å². The number of benzene rings is 2. The molecule has 5 nitrogen and oxygen atoms in total. The van der Waals surface area contributed by atoms with E-state index in [0.29, 0.717) is 29.7 Å². The predicted molar refractivity (Wildman–Crippen MR) is 139 cm³/mol. The van der Waals surface area contributed by atoms with Crippen molar-refractivity contribution in [3.05, 3.63) is 76.4 Å². The monoisotopic (exact) mass is 513 g/mol. The van der Waals surface area contributed by atoms with Crippen LogP contribution in [0.5, 0.6) is 0 Å². The second-order valence-corrected chi connectivity index (χ2v) is 10.4. The fourth-order valence-electron chi connectivity index (χ4n) is 5.41. The lowest BCUT2D eigenvalue weighted by atomic mass is 9.98. The lowest BCUT2D eigenvalue weighted by Crippen LogP contribution is -2.39. The summed E-state index contributed by atoms with van der Waals surface area (Å²) in [5.74, 6) is -0.876. The minimum Gasteiger partial charge on any atom is -0.463 e. The topological polar surface area (TPSA) is 59.0 Å². The summed E-state index contributed by atoms with van der Waals surface area (Å²) in [4.78, 5) is 14.1. The third-order valence-electron chi connectivity index (χ3n) is 7.59. The van der Waals surface area contributed by atoms with Gasteiger partial charge in [-0.05, 0) is 98.5 Å². The molecule has 4 rings (SSSR count). The Balaban J connectivity index is 1.39. The Morgan fingerprint density at radius 3 is 2.76 bits per heavy atom. The average molecular weight is 514 g/mol. The van der Waals surface area contributed by atoms with Crippen LogP contribution in [0, 0.1) is 24.5 Å². The zero-order valence-corrected chi connectivity index (χ0v) is 21.9. The molecule has 2 fully saturated rings. The van der Waals surface area contributed by atoms with E-state index in [9.17, 15) is 18.7 Å². The van der Waals surface area contributed by atoms with Crippen LogP contribution in [0.25, 0.3) is 6.08 Å². The number of esters is 1. The van der Waals surface area contributed by atoms with Crippen molar-refractivity contribution in [1.82, 2.24) is 4.90 Å².